The van der Waals surface area contributed by atoms with Gasteiger partial charge in [-0.15, -0.1) is 0 Å². The number of benzene rings is 3. The fourth-order valence-corrected chi connectivity index (χ4v) is 7.75. The lowest BCUT2D eigenvalue weighted by Gasteiger charge is -2.40. The largest absolute Gasteiger partial charge is 0.338 e. The zero-order chi connectivity index (χ0) is 39.9. The first-order valence-corrected chi connectivity index (χ1v) is 20.8. The Hall–Kier alpha value is -3.47. The molecule has 0 saturated carbocycles. The van der Waals surface area contributed by atoms with Crippen LogP contribution in [0.5, 0.6) is 0 Å². The maximum absolute atomic E-state index is 14.6. The Morgan fingerprint density at radius 3 is 1.92 bits per heavy atom. The predicted molar refractivity (Wildman–Crippen MR) is 229 cm³/mol. The summed E-state index contributed by atoms with van der Waals surface area (Å²) in [6.45, 7) is 38.2. The van der Waals surface area contributed by atoms with E-state index in [4.69, 9.17) is 4.99 Å². The molecule has 2 aliphatic heterocycles. The maximum Gasteiger partial charge on any atom is 0.264 e. The van der Waals surface area contributed by atoms with E-state index in [1.54, 1.807) is 4.90 Å². The van der Waals surface area contributed by atoms with Gasteiger partial charge in [0, 0.05) is 29.6 Å². The van der Waals surface area contributed by atoms with Gasteiger partial charge < -0.3 is 4.90 Å². The fraction of sp³-hybridized carbons (Fsp3) is 0.596. The molecule has 3 aromatic carbocycles. The number of carbonyl (C=O) groups is 2. The molecular weight excluding hydrogens is 639 g/mol. The zero-order valence-electron chi connectivity index (χ0n) is 36.3. The van der Waals surface area contributed by atoms with E-state index in [-0.39, 0.29) is 17.2 Å². The molecule has 2 aliphatic rings. The Bertz CT molecular complexity index is 1580. The lowest BCUT2D eigenvalue weighted by Crippen LogP contribution is -2.44. The van der Waals surface area contributed by atoms with Gasteiger partial charge >= 0.3 is 0 Å². The van der Waals surface area contributed by atoms with Crippen LogP contribution in [0.3, 0.4) is 0 Å². The van der Waals surface area contributed by atoms with Crippen LogP contribution in [0.2, 0.25) is 0 Å². The number of rotatable bonds is 12. The molecule has 0 radical (unpaired) electrons. The number of carbonyl (C=O) groups excluding carboxylic acids is 2. The van der Waals surface area contributed by atoms with Gasteiger partial charge in [-0.05, 0) is 77.1 Å². The monoisotopic (exact) mass is 714 g/mol. The van der Waals surface area contributed by atoms with E-state index in [0.717, 1.165) is 60.1 Å². The molecule has 0 fully saturated rings. The van der Waals surface area contributed by atoms with Crippen molar-refractivity contribution in [1.82, 2.24) is 4.90 Å². The molecule has 5 rings (SSSR count). The highest BCUT2D eigenvalue weighted by atomic mass is 16.2. The number of nitrogens with zero attached hydrogens (tertiary/aromatic N) is 3. The van der Waals surface area contributed by atoms with Crippen molar-refractivity contribution in [2.45, 2.75) is 137 Å². The van der Waals surface area contributed by atoms with Crippen LogP contribution in [-0.4, -0.2) is 35.6 Å². The molecule has 5 nitrogen and oxygen atoms in total. The minimum absolute atomic E-state index is 0.0470. The number of amides is 2. The smallest absolute Gasteiger partial charge is 0.264 e. The number of aliphatic imine (C=N–C) groups is 1. The van der Waals surface area contributed by atoms with Crippen molar-refractivity contribution in [2.75, 3.05) is 18.0 Å². The number of hydrogen-bond acceptors (Lipinski definition) is 3. The second-order valence-corrected chi connectivity index (χ2v) is 14.7. The van der Waals surface area contributed by atoms with E-state index in [0.29, 0.717) is 46.6 Å². The van der Waals surface area contributed by atoms with E-state index in [9.17, 15) is 9.59 Å². The molecule has 290 valence electrons. The summed E-state index contributed by atoms with van der Waals surface area (Å²) in [6, 6.07) is 17.7. The first kappa shape index (κ1) is 46.6. The average molecular weight is 714 g/mol. The molecule has 3 aromatic rings. The van der Waals surface area contributed by atoms with Gasteiger partial charge in [-0.25, -0.2) is 4.99 Å². The average Bonchev–Trinajstić information content (AvgIpc) is 3.44. The normalized spacial score (nSPS) is 14.2. The van der Waals surface area contributed by atoms with E-state index in [1.165, 1.54) is 0 Å². The van der Waals surface area contributed by atoms with Gasteiger partial charge in [0.05, 0.1) is 16.9 Å². The third kappa shape index (κ3) is 10.4. The molecule has 5 heteroatoms. The van der Waals surface area contributed by atoms with Crippen molar-refractivity contribution < 1.29 is 9.59 Å². The quantitative estimate of drug-likeness (QED) is 0.188. The van der Waals surface area contributed by atoms with Gasteiger partial charge in [0.25, 0.3) is 11.8 Å². The molecule has 3 unspecified atom stereocenters. The van der Waals surface area contributed by atoms with E-state index >= 15 is 0 Å². The summed E-state index contributed by atoms with van der Waals surface area (Å²) in [5.41, 5.74) is 3.79. The van der Waals surface area contributed by atoms with Gasteiger partial charge in [-0.2, -0.15) is 0 Å². The summed E-state index contributed by atoms with van der Waals surface area (Å²) in [5, 5.41) is 2.05. The third-order valence-electron chi connectivity index (χ3n) is 10.5. The molecule has 3 atom stereocenters. The van der Waals surface area contributed by atoms with Crippen LogP contribution in [0.4, 0.5) is 11.4 Å². The summed E-state index contributed by atoms with van der Waals surface area (Å²) < 4.78 is 0. The molecular formula is C47H75N3O2. The van der Waals surface area contributed by atoms with Crippen LogP contribution in [-0.2, 0) is 0 Å². The summed E-state index contributed by atoms with van der Waals surface area (Å²) in [6.07, 6.45) is 3.18. The second kappa shape index (κ2) is 21.9. The van der Waals surface area contributed by atoms with Crippen LogP contribution in [0.25, 0.3) is 10.8 Å². The number of hydrogen-bond donors (Lipinski definition) is 0. The van der Waals surface area contributed by atoms with Crippen LogP contribution >= 0.6 is 0 Å². The van der Waals surface area contributed by atoms with E-state index in [1.807, 2.05) is 97.9 Å². The SMILES string of the molecule is CC.CC.CC.CC.CCC(CN(CC(CC)C(C)(C)CC(C)C)C(=O)c1ccc2c(c1)C1=Nc3cccc4cccc(c34)N1C2=O)C(C)C(C)C. The highest BCUT2D eigenvalue weighted by Gasteiger charge is 2.39. The van der Waals surface area contributed by atoms with Crippen molar-refractivity contribution in [3.8, 4) is 0 Å². The van der Waals surface area contributed by atoms with Crippen molar-refractivity contribution in [3.05, 3.63) is 71.3 Å². The van der Waals surface area contributed by atoms with Gasteiger partial charge in [-0.1, -0.05) is 155 Å². The predicted octanol–water partition coefficient (Wildman–Crippen LogP) is 13.9. The maximum atomic E-state index is 14.6. The molecule has 0 N–H and O–H groups in total. The molecule has 0 bridgehead atoms. The van der Waals surface area contributed by atoms with Crippen LogP contribution in [0, 0.1) is 35.0 Å². The van der Waals surface area contributed by atoms with Crippen LogP contribution in [0.1, 0.15) is 163 Å². The van der Waals surface area contributed by atoms with Crippen molar-refractivity contribution in [2.24, 2.45) is 40.0 Å². The van der Waals surface area contributed by atoms with E-state index < -0.39 is 0 Å². The summed E-state index contributed by atoms with van der Waals surface area (Å²) in [7, 11) is 0. The van der Waals surface area contributed by atoms with Gasteiger partial charge in [0.1, 0.15) is 5.84 Å². The second-order valence-electron chi connectivity index (χ2n) is 14.7. The minimum atomic E-state index is -0.0881. The Kier molecular flexibility index (Phi) is 19.6. The van der Waals surface area contributed by atoms with Gasteiger partial charge in [0.15, 0.2) is 0 Å². The Labute approximate surface area is 319 Å². The standard InChI is InChI=1S/C39H51N3O2.4C2H6/c1-10-27(26(7)25(5)6)22-41(23-30(11-2)39(8,9)21-24(3)4)37(43)29-18-19-31-32(20-29)36-40-33-16-12-14-28-15-13-17-34(35(28)33)42(36)38(31)44;4*1-2/h12-20,24-27,30H,10-11,21-23H2,1-9H3;4*1-2H3. The van der Waals surface area contributed by atoms with Crippen molar-refractivity contribution >= 4 is 39.8 Å². The summed E-state index contributed by atoms with van der Waals surface area (Å²) >= 11 is 0. The highest BCUT2D eigenvalue weighted by molar-refractivity contribution is 6.40. The van der Waals surface area contributed by atoms with Crippen LogP contribution < -0.4 is 4.90 Å². The summed E-state index contributed by atoms with van der Waals surface area (Å²) in [5.74, 6) is 3.01. The Morgan fingerprint density at radius 2 is 1.38 bits per heavy atom. The molecule has 0 aliphatic carbocycles. The van der Waals surface area contributed by atoms with Crippen molar-refractivity contribution in [3.63, 3.8) is 0 Å². The molecule has 0 spiro atoms. The lowest BCUT2D eigenvalue weighted by atomic mass is 9.71. The Morgan fingerprint density at radius 1 is 0.788 bits per heavy atom. The minimum Gasteiger partial charge on any atom is -0.338 e. The van der Waals surface area contributed by atoms with Crippen molar-refractivity contribution in [1.29, 1.82) is 0 Å². The van der Waals surface area contributed by atoms with Crippen LogP contribution in [0.15, 0.2) is 59.6 Å². The Balaban J connectivity index is 0.00000158. The van der Waals surface area contributed by atoms with E-state index in [2.05, 4.69) is 79.3 Å². The third-order valence-corrected chi connectivity index (χ3v) is 10.5. The fourth-order valence-electron chi connectivity index (χ4n) is 7.75. The first-order chi connectivity index (χ1) is 24.9. The summed E-state index contributed by atoms with van der Waals surface area (Å²) in [4.78, 5) is 37.2. The number of anilines is 1. The number of fused-ring (bicyclic) bond motifs is 4. The zero-order valence-corrected chi connectivity index (χ0v) is 36.3. The van der Waals surface area contributed by atoms with Gasteiger partial charge in [0.2, 0.25) is 0 Å². The molecule has 0 aromatic heterocycles. The lowest BCUT2D eigenvalue weighted by molar-refractivity contribution is 0.0543. The molecule has 2 heterocycles. The topological polar surface area (TPSA) is 53.0 Å². The molecule has 0 saturated heterocycles. The first-order valence-electron chi connectivity index (χ1n) is 20.8. The number of amidine groups is 1. The highest BCUT2D eigenvalue weighted by Crippen LogP contribution is 2.43. The molecule has 2 amide bonds. The molecule has 52 heavy (non-hydrogen) atoms. The van der Waals surface area contributed by atoms with Gasteiger partial charge in [-0.3, -0.25) is 14.5 Å².